The van der Waals surface area contributed by atoms with Crippen LogP contribution in [0.3, 0.4) is 0 Å². The first-order valence-electron chi connectivity index (χ1n) is 45.4. The van der Waals surface area contributed by atoms with Gasteiger partial charge in [0.05, 0.1) is 26.4 Å². The number of ether oxygens (including phenoxy) is 4. The topological polar surface area (TPSA) is 237 Å². The molecule has 0 aliphatic heterocycles. The Bertz CT molecular complexity index is 2060. The minimum atomic E-state index is -4.97. The van der Waals surface area contributed by atoms with Gasteiger partial charge in [0.15, 0.2) is 12.2 Å². The third kappa shape index (κ3) is 80.5. The molecule has 0 bridgehead atoms. The average Bonchev–Trinajstić information content (AvgIpc) is 0.903. The molecule has 0 aliphatic carbocycles. The van der Waals surface area contributed by atoms with Gasteiger partial charge in [0.2, 0.25) is 0 Å². The monoisotopic (exact) mass is 1560 g/mol. The van der Waals surface area contributed by atoms with Gasteiger partial charge in [-0.25, -0.2) is 9.13 Å². The van der Waals surface area contributed by atoms with Crippen LogP contribution >= 0.6 is 15.6 Å². The maximum atomic E-state index is 13.2. The number of unbranched alkanes of at least 4 members (excludes halogenated alkanes) is 53. The van der Waals surface area contributed by atoms with Crippen molar-refractivity contribution >= 4 is 39.5 Å². The van der Waals surface area contributed by atoms with Crippen LogP contribution in [0.1, 0.15) is 466 Å². The Hall–Kier alpha value is -1.94. The summed E-state index contributed by atoms with van der Waals surface area (Å²) < 4.78 is 68.9. The minimum Gasteiger partial charge on any atom is -0.462 e. The van der Waals surface area contributed by atoms with Crippen molar-refractivity contribution in [2.45, 2.75) is 484 Å². The fourth-order valence-electron chi connectivity index (χ4n) is 13.7. The number of hydrogen-bond acceptors (Lipinski definition) is 15. The lowest BCUT2D eigenvalue weighted by Gasteiger charge is -2.21. The number of rotatable bonds is 86. The maximum Gasteiger partial charge on any atom is 0.472 e. The third-order valence-corrected chi connectivity index (χ3v) is 22.9. The van der Waals surface area contributed by atoms with E-state index in [9.17, 15) is 43.2 Å². The fraction of sp³-hybridized carbons (Fsp3) is 0.955. The van der Waals surface area contributed by atoms with Crippen LogP contribution in [-0.2, 0) is 65.4 Å². The smallest absolute Gasteiger partial charge is 0.462 e. The van der Waals surface area contributed by atoms with Crippen LogP contribution in [0.25, 0.3) is 0 Å². The van der Waals surface area contributed by atoms with Gasteiger partial charge in [-0.2, -0.15) is 0 Å². The first-order valence-corrected chi connectivity index (χ1v) is 48.4. The molecule has 0 rings (SSSR count). The summed E-state index contributed by atoms with van der Waals surface area (Å²) in [6.45, 7) is 12.0. The Kier molecular flexibility index (Phi) is 76.6. The van der Waals surface area contributed by atoms with Gasteiger partial charge in [-0.15, -0.1) is 0 Å². The van der Waals surface area contributed by atoms with Crippen LogP contribution in [0.2, 0.25) is 0 Å². The van der Waals surface area contributed by atoms with Gasteiger partial charge < -0.3 is 33.8 Å². The Labute approximate surface area is 658 Å². The lowest BCUT2D eigenvalue weighted by Crippen LogP contribution is -2.30. The number of hydrogen-bond donors (Lipinski definition) is 3. The minimum absolute atomic E-state index is 0.107. The van der Waals surface area contributed by atoms with Crippen molar-refractivity contribution in [2.24, 2.45) is 17.8 Å². The summed E-state index contributed by atoms with van der Waals surface area (Å²) in [7, 11) is -9.93. The SMILES string of the molecule is CCCCCCCCCCCCCCCCCCCCCCCC(=O)O[C@H](COC(=O)CCCCCCCCCCCCCCCCCCC(C)C)COP(=O)(O)OC[C@@H](O)COP(=O)(O)OC[C@@H](COC(=O)CCCCCCCCC(C)C)OC(=O)CCCCCCCCCCCCCCCCC(C)CC. The zero-order valence-corrected chi connectivity index (χ0v) is 72.4. The molecule has 0 radical (unpaired) electrons. The van der Waals surface area contributed by atoms with E-state index in [0.29, 0.717) is 31.6 Å². The van der Waals surface area contributed by atoms with E-state index in [4.69, 9.17) is 37.0 Å². The second-order valence-electron chi connectivity index (χ2n) is 32.8. The lowest BCUT2D eigenvalue weighted by molar-refractivity contribution is -0.161. The normalized spacial score (nSPS) is 14.1. The molecule has 19 heteroatoms. The van der Waals surface area contributed by atoms with Gasteiger partial charge in [-0.05, 0) is 43.4 Å². The highest BCUT2D eigenvalue weighted by Gasteiger charge is 2.31. The predicted molar refractivity (Wildman–Crippen MR) is 441 cm³/mol. The predicted octanol–water partition coefficient (Wildman–Crippen LogP) is 26.9. The second-order valence-corrected chi connectivity index (χ2v) is 35.7. The molecule has 107 heavy (non-hydrogen) atoms. The molecule has 0 spiro atoms. The molecular formula is C88H172O17P2. The molecule has 3 N–H and O–H groups in total. The summed E-state index contributed by atoms with van der Waals surface area (Å²) >= 11 is 0. The lowest BCUT2D eigenvalue weighted by atomic mass is 9.99. The largest absolute Gasteiger partial charge is 0.472 e. The van der Waals surface area contributed by atoms with Gasteiger partial charge in [-0.1, -0.05) is 414 Å². The molecule has 0 aromatic rings. The number of carbonyl (C=O) groups is 4. The summed E-state index contributed by atoms with van der Waals surface area (Å²) in [6, 6.07) is 0. The number of carbonyl (C=O) groups excluding carboxylic acids is 4. The molecule has 0 aromatic carbocycles. The molecule has 0 saturated heterocycles. The molecule has 0 amide bonds. The summed E-state index contributed by atoms with van der Waals surface area (Å²) in [6.07, 6.45) is 69.7. The standard InChI is InChI=1S/C88H172O17P2/c1-8-10-11-12-13-14-15-16-17-18-19-20-21-22-27-33-38-43-48-57-64-71-87(92)104-83(75-98-85(90)69-62-55-47-42-37-32-26-24-23-25-30-35-40-45-52-59-66-79(3)4)77-102-106(94,95)100-73-82(89)74-101-107(96,97)103-78-84(76-99-86(91)70-63-56-51-50-53-60-67-80(5)6)105-88(93)72-65-58-49-44-39-34-29-28-31-36-41-46-54-61-68-81(7)9-2/h79-84,89H,8-78H2,1-7H3,(H,94,95)(H,96,97)/t81?,82-,83-,84-/m1/s1. The van der Waals surface area contributed by atoms with E-state index in [1.165, 1.54) is 270 Å². The van der Waals surface area contributed by atoms with Crippen LogP contribution in [0.15, 0.2) is 0 Å². The van der Waals surface area contributed by atoms with Crippen molar-refractivity contribution in [3.8, 4) is 0 Å². The molecule has 0 aromatic heterocycles. The van der Waals surface area contributed by atoms with Crippen molar-refractivity contribution in [1.29, 1.82) is 0 Å². The Morgan fingerprint density at radius 1 is 0.271 bits per heavy atom. The molecule has 6 atom stereocenters. The van der Waals surface area contributed by atoms with Gasteiger partial charge in [-0.3, -0.25) is 37.3 Å². The molecule has 3 unspecified atom stereocenters. The van der Waals surface area contributed by atoms with Crippen molar-refractivity contribution in [1.82, 2.24) is 0 Å². The highest BCUT2D eigenvalue weighted by atomic mass is 31.2. The number of aliphatic hydroxyl groups excluding tert-OH is 1. The average molecular weight is 1560 g/mol. The second kappa shape index (κ2) is 78.0. The molecule has 0 saturated carbocycles. The summed E-state index contributed by atoms with van der Waals surface area (Å²) in [5.74, 6) is 0.233. The number of aliphatic hydroxyl groups is 1. The van der Waals surface area contributed by atoms with E-state index in [2.05, 4.69) is 48.5 Å². The van der Waals surface area contributed by atoms with E-state index in [-0.39, 0.29) is 25.7 Å². The van der Waals surface area contributed by atoms with Crippen molar-refractivity contribution < 1.29 is 80.2 Å². The van der Waals surface area contributed by atoms with Crippen molar-refractivity contribution in [3.05, 3.63) is 0 Å². The van der Waals surface area contributed by atoms with E-state index in [1.54, 1.807) is 0 Å². The maximum absolute atomic E-state index is 13.2. The molecular weight excluding hydrogens is 1390 g/mol. The van der Waals surface area contributed by atoms with Gasteiger partial charge in [0.1, 0.15) is 19.3 Å². The van der Waals surface area contributed by atoms with E-state index in [1.807, 2.05) is 0 Å². The zero-order chi connectivity index (χ0) is 78.6. The quantitative estimate of drug-likeness (QED) is 0.0222. The van der Waals surface area contributed by atoms with Crippen molar-refractivity contribution in [3.63, 3.8) is 0 Å². The van der Waals surface area contributed by atoms with E-state index < -0.39 is 97.5 Å². The van der Waals surface area contributed by atoms with Gasteiger partial charge >= 0.3 is 39.5 Å². The first kappa shape index (κ1) is 105. The van der Waals surface area contributed by atoms with E-state index >= 15 is 0 Å². The zero-order valence-electron chi connectivity index (χ0n) is 70.6. The van der Waals surface area contributed by atoms with Crippen molar-refractivity contribution in [2.75, 3.05) is 39.6 Å². The summed E-state index contributed by atoms with van der Waals surface area (Å²) in [4.78, 5) is 73.2. The van der Waals surface area contributed by atoms with Crippen LogP contribution in [0, 0.1) is 17.8 Å². The molecule has 0 fully saturated rings. The number of phosphoric acid groups is 2. The molecule has 0 aliphatic rings. The first-order chi connectivity index (χ1) is 51.8. The molecule has 0 heterocycles. The van der Waals surface area contributed by atoms with Gasteiger partial charge in [0, 0.05) is 25.7 Å². The number of phosphoric ester groups is 2. The Morgan fingerprint density at radius 2 is 0.477 bits per heavy atom. The van der Waals surface area contributed by atoms with E-state index in [0.717, 1.165) is 108 Å². The Morgan fingerprint density at radius 3 is 0.710 bits per heavy atom. The van der Waals surface area contributed by atoms with Gasteiger partial charge in [0.25, 0.3) is 0 Å². The molecule has 636 valence electrons. The third-order valence-electron chi connectivity index (χ3n) is 21.0. The van der Waals surface area contributed by atoms with Crippen LogP contribution < -0.4 is 0 Å². The van der Waals surface area contributed by atoms with Crippen LogP contribution in [0.4, 0.5) is 0 Å². The van der Waals surface area contributed by atoms with Crippen LogP contribution in [-0.4, -0.2) is 96.7 Å². The Balaban J connectivity index is 5.21. The highest BCUT2D eigenvalue weighted by molar-refractivity contribution is 7.47. The fourth-order valence-corrected chi connectivity index (χ4v) is 15.3. The molecule has 17 nitrogen and oxygen atoms in total. The van der Waals surface area contributed by atoms with Crippen LogP contribution in [0.5, 0.6) is 0 Å². The highest BCUT2D eigenvalue weighted by Crippen LogP contribution is 2.45. The summed E-state index contributed by atoms with van der Waals surface area (Å²) in [5.41, 5.74) is 0. The summed E-state index contributed by atoms with van der Waals surface area (Å²) in [5, 5.41) is 10.7. The number of esters is 4.